The molecule has 2 aromatic carbocycles. The summed E-state index contributed by atoms with van der Waals surface area (Å²) in [5.74, 6) is -5.19. The molecule has 1 aliphatic heterocycles. The zero-order valence-corrected chi connectivity index (χ0v) is 23.5. The molecule has 15 heteroatoms. The van der Waals surface area contributed by atoms with E-state index in [0.29, 0.717) is 23.0 Å². The number of nitrogens with zero attached hydrogens (tertiary/aromatic N) is 5. The van der Waals surface area contributed by atoms with Gasteiger partial charge in [-0.1, -0.05) is 21.1 Å². The van der Waals surface area contributed by atoms with E-state index in [-0.39, 0.29) is 16.8 Å². The molecule has 5 rings (SSSR count). The third-order valence-electron chi connectivity index (χ3n) is 7.54. The van der Waals surface area contributed by atoms with Gasteiger partial charge in [-0.25, -0.2) is 17.9 Å². The minimum Gasteiger partial charge on any atom is -0.394 e. The first-order valence-electron chi connectivity index (χ1n) is 12.8. The zero-order chi connectivity index (χ0) is 30.3. The molecule has 222 valence electrons. The van der Waals surface area contributed by atoms with E-state index >= 15 is 0 Å². The van der Waals surface area contributed by atoms with Gasteiger partial charge in [-0.05, 0) is 43.2 Å². The van der Waals surface area contributed by atoms with E-state index in [1.807, 2.05) is 6.07 Å². The van der Waals surface area contributed by atoms with Crippen molar-refractivity contribution in [1.82, 2.24) is 15.0 Å². The lowest BCUT2D eigenvalue weighted by Crippen LogP contribution is -2.64. The van der Waals surface area contributed by atoms with Crippen LogP contribution >= 0.6 is 15.9 Å². The number of carbonyl (C=O) groups is 1. The quantitative estimate of drug-likeness (QED) is 0.326. The second-order valence-electron chi connectivity index (χ2n) is 10.0. The van der Waals surface area contributed by atoms with Crippen molar-refractivity contribution in [3.05, 3.63) is 64.0 Å². The van der Waals surface area contributed by atoms with Gasteiger partial charge in [-0.3, -0.25) is 4.79 Å². The molecule has 1 saturated heterocycles. The number of rotatable bonds is 7. The number of methoxy groups -OCH3 is 1. The number of aromatic nitrogens is 3. The van der Waals surface area contributed by atoms with E-state index in [2.05, 4.69) is 26.2 Å². The Morgan fingerprint density at radius 1 is 1.21 bits per heavy atom. The van der Waals surface area contributed by atoms with Gasteiger partial charge in [-0.15, -0.1) is 5.10 Å². The van der Waals surface area contributed by atoms with Gasteiger partial charge in [0.05, 0.1) is 36.6 Å². The van der Waals surface area contributed by atoms with Gasteiger partial charge in [0, 0.05) is 22.8 Å². The van der Waals surface area contributed by atoms with Crippen molar-refractivity contribution in [3.63, 3.8) is 0 Å². The van der Waals surface area contributed by atoms with Crippen LogP contribution in [0.1, 0.15) is 24.4 Å². The minimum absolute atomic E-state index is 0.0674. The highest BCUT2D eigenvalue weighted by atomic mass is 79.9. The van der Waals surface area contributed by atoms with E-state index in [4.69, 9.17) is 9.47 Å². The summed E-state index contributed by atoms with van der Waals surface area (Å²) < 4.78 is 54.4. The first-order chi connectivity index (χ1) is 20.1. The number of hydrogen-bond donors (Lipinski definition) is 3. The van der Waals surface area contributed by atoms with Crippen LogP contribution in [-0.2, 0) is 14.3 Å². The summed E-state index contributed by atoms with van der Waals surface area (Å²) in [7, 11) is 1.27. The molecule has 0 radical (unpaired) electrons. The van der Waals surface area contributed by atoms with Crippen LogP contribution < -0.4 is 4.90 Å². The average molecular weight is 652 g/mol. The van der Waals surface area contributed by atoms with Crippen LogP contribution in [0.4, 0.5) is 18.9 Å². The number of hydrogen-bond acceptors (Lipinski definition) is 9. The molecule has 2 heterocycles. The lowest BCUT2D eigenvalue weighted by Gasteiger charge is -2.47. The number of amides is 1. The van der Waals surface area contributed by atoms with Crippen molar-refractivity contribution in [3.8, 4) is 17.3 Å². The molecule has 1 saturated carbocycles. The Hall–Kier alpha value is -3.39. The van der Waals surface area contributed by atoms with Crippen molar-refractivity contribution >= 4 is 27.5 Å². The Morgan fingerprint density at radius 2 is 1.93 bits per heavy atom. The van der Waals surface area contributed by atoms with Crippen LogP contribution in [0.25, 0.3) is 11.3 Å². The van der Waals surface area contributed by atoms with Gasteiger partial charge in [0.15, 0.2) is 23.6 Å². The van der Waals surface area contributed by atoms with Gasteiger partial charge < -0.3 is 29.7 Å². The fraction of sp³-hybridized carbons (Fsp3) is 0.407. The number of halogens is 4. The fourth-order valence-electron chi connectivity index (χ4n) is 5.28. The summed E-state index contributed by atoms with van der Waals surface area (Å²) >= 11 is 3.34. The molecule has 42 heavy (non-hydrogen) atoms. The minimum atomic E-state index is -1.65. The van der Waals surface area contributed by atoms with E-state index in [9.17, 15) is 38.5 Å². The molecule has 5 unspecified atom stereocenters. The number of ether oxygens (including phenoxy) is 2. The third-order valence-corrected chi connectivity index (χ3v) is 8.00. The molecular weight excluding hydrogens is 627 g/mol. The highest BCUT2D eigenvalue weighted by Crippen LogP contribution is 2.38. The monoisotopic (exact) mass is 651 g/mol. The number of carbonyl (C=O) groups excluding carboxylic acids is 1. The summed E-state index contributed by atoms with van der Waals surface area (Å²) in [5, 5.41) is 49.0. The molecule has 1 amide bonds. The van der Waals surface area contributed by atoms with Gasteiger partial charge in [0.1, 0.15) is 30.0 Å². The van der Waals surface area contributed by atoms with Crippen molar-refractivity contribution in [1.29, 1.82) is 5.26 Å². The first-order valence-corrected chi connectivity index (χ1v) is 13.6. The fourth-order valence-corrected chi connectivity index (χ4v) is 5.76. The SMILES string of the molecule is COC1C(C(=O)N(c2cc(Br)cc(C#N)c2)[C@H]2CC[C@@H]2O)OC(CO)C(O)C1n1cc(-c2cc(F)c(F)c(F)c2)nn1. The first kappa shape index (κ1) is 30.1. The van der Waals surface area contributed by atoms with Gasteiger partial charge in [0.25, 0.3) is 5.91 Å². The summed E-state index contributed by atoms with van der Waals surface area (Å²) in [6.45, 7) is -0.699. The Balaban J connectivity index is 1.54. The highest BCUT2D eigenvalue weighted by Gasteiger charge is 2.52. The van der Waals surface area contributed by atoms with Crippen LogP contribution in [0.3, 0.4) is 0 Å². The molecule has 1 aliphatic carbocycles. The van der Waals surface area contributed by atoms with Crippen molar-refractivity contribution in [2.24, 2.45) is 0 Å². The van der Waals surface area contributed by atoms with E-state index in [1.165, 1.54) is 24.3 Å². The third kappa shape index (κ3) is 5.41. The van der Waals surface area contributed by atoms with Crippen molar-refractivity contribution in [2.45, 2.75) is 55.4 Å². The number of benzene rings is 2. The molecule has 3 N–H and O–H groups in total. The summed E-state index contributed by atoms with van der Waals surface area (Å²) in [6, 6.07) is 6.30. The van der Waals surface area contributed by atoms with Crippen molar-refractivity contribution < 1.29 is 42.8 Å². The van der Waals surface area contributed by atoms with Crippen LogP contribution in [0.15, 0.2) is 41.0 Å². The second-order valence-corrected chi connectivity index (χ2v) is 10.9. The molecule has 11 nitrogen and oxygen atoms in total. The molecule has 7 atom stereocenters. The van der Waals surface area contributed by atoms with Crippen molar-refractivity contribution in [2.75, 3.05) is 18.6 Å². The topological polar surface area (TPSA) is 154 Å². The van der Waals surface area contributed by atoms with Crippen LogP contribution in [0.2, 0.25) is 0 Å². The summed E-state index contributed by atoms with van der Waals surface area (Å²) in [4.78, 5) is 15.5. The second kappa shape index (κ2) is 12.1. The Kier molecular flexibility index (Phi) is 8.65. The number of aliphatic hydroxyl groups is 3. The Bertz CT molecular complexity index is 1510. The standard InChI is InChI=1S/C27H25BrF3N5O6/c1-41-25-23(35-10-18(33-34-35)13-6-16(29)22(31)17(30)7-13)24(39)21(11-37)42-26(25)27(40)36(19-2-3-20(19)38)15-5-12(9-32)4-14(28)8-15/h4-8,10,19-21,23-26,37-39H,2-3,11H2,1H3/t19-,20-,21?,23?,24?,25?,26?/m0/s1. The normalized spacial score (nSPS) is 27.3. The predicted octanol–water partition coefficient (Wildman–Crippen LogP) is 2.23. The number of anilines is 1. The van der Waals surface area contributed by atoms with E-state index in [0.717, 1.165) is 16.8 Å². The lowest BCUT2D eigenvalue weighted by atomic mass is 9.85. The Labute approximate surface area is 245 Å². The number of nitriles is 1. The summed E-state index contributed by atoms with van der Waals surface area (Å²) in [6.07, 6.45) is -4.20. The van der Waals surface area contributed by atoms with Gasteiger partial charge >= 0.3 is 0 Å². The molecule has 2 fully saturated rings. The van der Waals surface area contributed by atoms with Crippen LogP contribution in [0, 0.1) is 28.8 Å². The largest absolute Gasteiger partial charge is 0.394 e. The maximum absolute atomic E-state index is 14.2. The Morgan fingerprint density at radius 3 is 2.50 bits per heavy atom. The van der Waals surface area contributed by atoms with Crippen LogP contribution in [-0.4, -0.2) is 86.5 Å². The van der Waals surface area contributed by atoms with E-state index in [1.54, 1.807) is 12.1 Å². The molecule has 3 aromatic rings. The van der Waals surface area contributed by atoms with E-state index < -0.39 is 72.6 Å². The molecule has 0 spiro atoms. The van der Waals surface area contributed by atoms with Gasteiger partial charge in [-0.2, -0.15) is 5.26 Å². The van der Waals surface area contributed by atoms with Gasteiger partial charge in [0.2, 0.25) is 0 Å². The van der Waals surface area contributed by atoms with Crippen LogP contribution in [0.5, 0.6) is 0 Å². The number of aliphatic hydroxyl groups excluding tert-OH is 3. The predicted molar refractivity (Wildman–Crippen MR) is 142 cm³/mol. The summed E-state index contributed by atoms with van der Waals surface area (Å²) in [5.41, 5.74) is 0.360. The smallest absolute Gasteiger partial charge is 0.259 e. The average Bonchev–Trinajstić information content (AvgIpc) is 3.46. The molecule has 2 aliphatic rings. The lowest BCUT2D eigenvalue weighted by molar-refractivity contribution is -0.211. The molecular formula is C27H25BrF3N5O6. The maximum atomic E-state index is 14.2. The molecule has 0 bridgehead atoms. The highest BCUT2D eigenvalue weighted by molar-refractivity contribution is 9.10. The molecule has 1 aromatic heterocycles. The maximum Gasteiger partial charge on any atom is 0.259 e. The zero-order valence-electron chi connectivity index (χ0n) is 21.9.